The molecule has 2 heterocycles. The van der Waals surface area contributed by atoms with Crippen LogP contribution in [0.3, 0.4) is 0 Å². The van der Waals surface area contributed by atoms with E-state index in [1.165, 1.54) is 12.0 Å². The maximum atomic E-state index is 14.0. The highest BCUT2D eigenvalue weighted by molar-refractivity contribution is 5.86. The lowest BCUT2D eigenvalue weighted by Gasteiger charge is -2.40. The van der Waals surface area contributed by atoms with Crippen molar-refractivity contribution >= 4 is 11.9 Å². The number of carbonyl (C=O) groups excluding carboxylic acids is 1. The molecule has 150 valence electrons. The quantitative estimate of drug-likeness (QED) is 0.868. The van der Waals surface area contributed by atoms with Crippen molar-refractivity contribution in [3.05, 3.63) is 35.9 Å². The van der Waals surface area contributed by atoms with Gasteiger partial charge in [0.15, 0.2) is 0 Å². The largest absolute Gasteiger partial charge is 0.481 e. The number of hydrogen-bond acceptors (Lipinski definition) is 3. The van der Waals surface area contributed by atoms with Crippen LogP contribution in [0, 0.1) is 28.6 Å². The van der Waals surface area contributed by atoms with Crippen LogP contribution >= 0.6 is 0 Å². The molecule has 5 heteroatoms. The zero-order valence-electron chi connectivity index (χ0n) is 16.3. The third-order valence-corrected chi connectivity index (χ3v) is 8.18. The first-order valence-electron chi connectivity index (χ1n) is 10.7. The Bertz CT molecular complexity index is 780. The van der Waals surface area contributed by atoms with Crippen molar-refractivity contribution in [2.45, 2.75) is 38.5 Å². The summed E-state index contributed by atoms with van der Waals surface area (Å²) in [5, 5.41) is 9.98. The predicted molar refractivity (Wildman–Crippen MR) is 104 cm³/mol. The summed E-state index contributed by atoms with van der Waals surface area (Å²) in [7, 11) is 0. The third-order valence-electron chi connectivity index (χ3n) is 8.18. The van der Waals surface area contributed by atoms with Gasteiger partial charge in [-0.2, -0.15) is 0 Å². The summed E-state index contributed by atoms with van der Waals surface area (Å²) in [6.45, 7) is 1.81. The molecule has 0 aromatic heterocycles. The van der Waals surface area contributed by atoms with Crippen molar-refractivity contribution < 1.29 is 19.4 Å². The zero-order valence-corrected chi connectivity index (χ0v) is 16.3. The van der Waals surface area contributed by atoms with Crippen LogP contribution in [-0.2, 0) is 20.7 Å². The molecule has 28 heavy (non-hydrogen) atoms. The fourth-order valence-corrected chi connectivity index (χ4v) is 6.73. The van der Waals surface area contributed by atoms with Gasteiger partial charge in [-0.1, -0.05) is 36.8 Å². The summed E-state index contributed by atoms with van der Waals surface area (Å²) in [5.41, 5.74) is 0.0499. The van der Waals surface area contributed by atoms with E-state index in [1.54, 1.807) is 0 Å². The molecule has 1 N–H and O–H groups in total. The van der Waals surface area contributed by atoms with Crippen LogP contribution < -0.4 is 0 Å². The fraction of sp³-hybridized carbons (Fsp3) is 0.652. The number of carboxylic acids is 1. The second-order valence-corrected chi connectivity index (χ2v) is 9.57. The minimum absolute atomic E-state index is 0.0879. The Kier molecular flexibility index (Phi) is 4.27. The maximum Gasteiger partial charge on any atom is 0.311 e. The molecule has 2 aliphatic heterocycles. The molecule has 1 aromatic rings. The van der Waals surface area contributed by atoms with Crippen LogP contribution in [-0.4, -0.2) is 48.2 Å². The molecule has 4 aliphatic rings. The topological polar surface area (TPSA) is 66.8 Å². The Morgan fingerprint density at radius 2 is 2.00 bits per heavy atom. The normalized spacial score (nSPS) is 39.1. The van der Waals surface area contributed by atoms with Crippen LogP contribution in [0.5, 0.6) is 0 Å². The number of fused-ring (bicyclic) bond motifs is 3. The zero-order chi connectivity index (χ0) is 19.4. The molecule has 3 unspecified atom stereocenters. The Balaban J connectivity index is 1.45. The highest BCUT2D eigenvalue weighted by atomic mass is 16.5. The minimum Gasteiger partial charge on any atom is -0.481 e. The van der Waals surface area contributed by atoms with E-state index in [2.05, 4.69) is 12.1 Å². The Morgan fingerprint density at radius 1 is 1.18 bits per heavy atom. The number of rotatable bonds is 4. The van der Waals surface area contributed by atoms with Crippen LogP contribution in [0.2, 0.25) is 0 Å². The van der Waals surface area contributed by atoms with E-state index >= 15 is 0 Å². The van der Waals surface area contributed by atoms with Crippen molar-refractivity contribution in [2.24, 2.45) is 28.6 Å². The lowest BCUT2D eigenvalue weighted by atomic mass is 9.68. The first kappa shape index (κ1) is 18.2. The number of nitrogens with zero attached hydrogens (tertiary/aromatic N) is 1. The molecule has 1 amide bonds. The highest BCUT2D eigenvalue weighted by Gasteiger charge is 2.60. The summed E-state index contributed by atoms with van der Waals surface area (Å²) < 4.78 is 5.58. The number of carbonyl (C=O) groups is 2. The Labute approximate surface area is 166 Å². The molecule has 1 aromatic carbocycles. The van der Waals surface area contributed by atoms with Crippen LogP contribution in [0.4, 0.5) is 0 Å². The van der Waals surface area contributed by atoms with Gasteiger partial charge in [0.1, 0.15) is 0 Å². The van der Waals surface area contributed by atoms with Gasteiger partial charge in [0, 0.05) is 25.6 Å². The summed E-state index contributed by atoms with van der Waals surface area (Å²) in [4.78, 5) is 28.0. The number of ether oxygens (including phenoxy) is 1. The van der Waals surface area contributed by atoms with E-state index in [4.69, 9.17) is 4.74 Å². The second kappa shape index (κ2) is 6.58. The molecule has 5 atom stereocenters. The summed E-state index contributed by atoms with van der Waals surface area (Å²) >= 11 is 0. The summed E-state index contributed by atoms with van der Waals surface area (Å²) in [5.74, 6) is 0.443. The molecule has 2 saturated carbocycles. The summed E-state index contributed by atoms with van der Waals surface area (Å²) in [6.07, 6.45) is 5.78. The SMILES string of the molecule is O=C(N1C[C@H]2COCC[C@@]2(C(=O)O)C1)C1(Cc2ccccc2)CC2CCC1C2. The average molecular weight is 383 g/mol. The van der Waals surface area contributed by atoms with Crippen molar-refractivity contribution in [1.82, 2.24) is 4.90 Å². The number of hydrogen-bond donors (Lipinski definition) is 1. The minimum atomic E-state index is -0.820. The molecule has 0 spiro atoms. The molecule has 5 rings (SSSR count). The molecule has 5 nitrogen and oxygen atoms in total. The van der Waals surface area contributed by atoms with Gasteiger partial charge in [-0.25, -0.2) is 0 Å². The number of aliphatic carboxylic acids is 1. The molecule has 2 saturated heterocycles. The molecule has 2 bridgehead atoms. The first-order chi connectivity index (χ1) is 13.5. The second-order valence-electron chi connectivity index (χ2n) is 9.57. The summed E-state index contributed by atoms with van der Waals surface area (Å²) in [6, 6.07) is 10.3. The first-order valence-corrected chi connectivity index (χ1v) is 10.7. The average Bonchev–Trinajstić information content (AvgIpc) is 3.41. The van der Waals surface area contributed by atoms with Crippen LogP contribution in [0.1, 0.15) is 37.7 Å². The monoisotopic (exact) mass is 383 g/mol. The predicted octanol–water partition coefficient (Wildman–Crippen LogP) is 2.99. The molecular formula is C23H29NO4. The van der Waals surface area contributed by atoms with E-state index in [0.717, 1.165) is 25.7 Å². The molecule has 4 fully saturated rings. The third kappa shape index (κ3) is 2.62. The van der Waals surface area contributed by atoms with Crippen LogP contribution in [0.25, 0.3) is 0 Å². The van der Waals surface area contributed by atoms with E-state index in [0.29, 0.717) is 44.6 Å². The van der Waals surface area contributed by atoms with Gasteiger partial charge in [-0.3, -0.25) is 9.59 Å². The standard InChI is InChI=1S/C23H29NO4/c25-20(24-13-19-14-28-9-8-22(19,15-24)21(26)27)23(11-16-4-2-1-3-5-16)12-17-6-7-18(23)10-17/h1-5,17-19H,6-15H2,(H,26,27)/t17?,18?,19-,22+,23?/m0/s1. The lowest BCUT2D eigenvalue weighted by molar-refractivity contribution is -0.157. The van der Waals surface area contributed by atoms with Crippen molar-refractivity contribution in [3.63, 3.8) is 0 Å². The maximum absolute atomic E-state index is 14.0. The lowest BCUT2D eigenvalue weighted by Crippen LogP contribution is -2.49. The molecular weight excluding hydrogens is 354 g/mol. The van der Waals surface area contributed by atoms with Gasteiger partial charge in [-0.05, 0) is 49.5 Å². The van der Waals surface area contributed by atoms with Gasteiger partial charge in [0.05, 0.1) is 17.4 Å². The van der Waals surface area contributed by atoms with Crippen molar-refractivity contribution in [3.8, 4) is 0 Å². The van der Waals surface area contributed by atoms with Crippen molar-refractivity contribution in [2.75, 3.05) is 26.3 Å². The Hall–Kier alpha value is -1.88. The highest BCUT2D eigenvalue weighted by Crippen LogP contribution is 2.59. The van der Waals surface area contributed by atoms with Crippen LogP contribution in [0.15, 0.2) is 30.3 Å². The Morgan fingerprint density at radius 3 is 2.64 bits per heavy atom. The fourth-order valence-electron chi connectivity index (χ4n) is 6.73. The van der Waals surface area contributed by atoms with Gasteiger partial charge in [0.2, 0.25) is 5.91 Å². The van der Waals surface area contributed by atoms with Gasteiger partial charge in [0.25, 0.3) is 0 Å². The van der Waals surface area contributed by atoms with E-state index in [-0.39, 0.29) is 17.2 Å². The van der Waals surface area contributed by atoms with Gasteiger partial charge in [-0.15, -0.1) is 0 Å². The van der Waals surface area contributed by atoms with E-state index in [1.807, 2.05) is 23.1 Å². The number of likely N-dealkylation sites (tertiary alicyclic amines) is 1. The van der Waals surface area contributed by atoms with Crippen molar-refractivity contribution in [1.29, 1.82) is 0 Å². The molecule has 2 aliphatic carbocycles. The smallest absolute Gasteiger partial charge is 0.311 e. The number of amides is 1. The number of carboxylic acid groups (broad SMARTS) is 1. The number of benzene rings is 1. The van der Waals surface area contributed by atoms with Gasteiger partial charge < -0.3 is 14.7 Å². The van der Waals surface area contributed by atoms with E-state index < -0.39 is 11.4 Å². The van der Waals surface area contributed by atoms with Gasteiger partial charge >= 0.3 is 5.97 Å². The van der Waals surface area contributed by atoms with E-state index in [9.17, 15) is 14.7 Å². The molecule has 0 radical (unpaired) electrons.